The molecule has 0 aromatic carbocycles. The van der Waals surface area contributed by atoms with Gasteiger partial charge in [-0.2, -0.15) is 0 Å². The van der Waals surface area contributed by atoms with Gasteiger partial charge in [0.1, 0.15) is 11.3 Å². The van der Waals surface area contributed by atoms with Gasteiger partial charge in [0.05, 0.1) is 6.20 Å². The molecule has 2 fully saturated rings. The standard InChI is InChI=1S/C21H28N4O2/c1-2-3-11-23-15-21(10-8-19(23)26)9-6-12-24(16-21)20(27)17-14-22-18-7-4-5-13-25(17)18/h4-5,7,13-14H,2-3,6,8-12,15-16H2,1H3. The van der Waals surface area contributed by atoms with Crippen molar-refractivity contribution in [2.24, 2.45) is 5.41 Å². The van der Waals surface area contributed by atoms with Gasteiger partial charge in [-0.05, 0) is 37.8 Å². The van der Waals surface area contributed by atoms with Crippen LogP contribution in [-0.2, 0) is 4.79 Å². The molecule has 0 N–H and O–H groups in total. The summed E-state index contributed by atoms with van der Waals surface area (Å²) in [5, 5.41) is 0. The molecule has 1 spiro atoms. The summed E-state index contributed by atoms with van der Waals surface area (Å²) in [7, 11) is 0. The molecule has 2 aromatic heterocycles. The molecule has 4 rings (SSSR count). The number of likely N-dealkylation sites (tertiary alicyclic amines) is 2. The zero-order valence-corrected chi connectivity index (χ0v) is 16.1. The van der Waals surface area contributed by atoms with Crippen LogP contribution in [-0.4, -0.2) is 57.2 Å². The van der Waals surface area contributed by atoms with E-state index in [0.29, 0.717) is 12.1 Å². The Hall–Kier alpha value is -2.37. The molecule has 2 aliphatic heterocycles. The largest absolute Gasteiger partial charge is 0.342 e. The van der Waals surface area contributed by atoms with Gasteiger partial charge < -0.3 is 9.80 Å². The van der Waals surface area contributed by atoms with E-state index in [2.05, 4.69) is 11.9 Å². The average Bonchev–Trinajstić information content (AvgIpc) is 3.12. The number of amides is 2. The summed E-state index contributed by atoms with van der Waals surface area (Å²) in [6.45, 7) is 5.31. The van der Waals surface area contributed by atoms with Gasteiger partial charge in [0.15, 0.2) is 0 Å². The summed E-state index contributed by atoms with van der Waals surface area (Å²) in [4.78, 5) is 33.9. The first-order valence-electron chi connectivity index (χ1n) is 10.1. The van der Waals surface area contributed by atoms with Gasteiger partial charge in [0, 0.05) is 44.2 Å². The molecule has 6 nitrogen and oxygen atoms in total. The summed E-state index contributed by atoms with van der Waals surface area (Å²) in [6.07, 6.45) is 9.31. The number of hydrogen-bond donors (Lipinski definition) is 0. The maximum absolute atomic E-state index is 13.2. The van der Waals surface area contributed by atoms with Crippen LogP contribution >= 0.6 is 0 Å². The SMILES string of the molecule is CCCCN1CC2(CCCN(C(=O)c3cnc4ccccn34)C2)CCC1=O. The molecule has 1 unspecified atom stereocenters. The number of nitrogens with zero attached hydrogens (tertiary/aromatic N) is 4. The van der Waals surface area contributed by atoms with Gasteiger partial charge in [-0.25, -0.2) is 4.98 Å². The summed E-state index contributed by atoms with van der Waals surface area (Å²) < 4.78 is 1.86. The molecule has 6 heteroatoms. The lowest BCUT2D eigenvalue weighted by Gasteiger charge is -2.48. The van der Waals surface area contributed by atoms with Gasteiger partial charge in [0.25, 0.3) is 5.91 Å². The lowest BCUT2D eigenvalue weighted by molar-refractivity contribution is -0.139. The Morgan fingerprint density at radius 2 is 2.15 bits per heavy atom. The monoisotopic (exact) mass is 368 g/mol. The van der Waals surface area contributed by atoms with Crippen molar-refractivity contribution in [1.29, 1.82) is 0 Å². The maximum Gasteiger partial charge on any atom is 0.272 e. The van der Waals surface area contributed by atoms with Gasteiger partial charge >= 0.3 is 0 Å². The minimum atomic E-state index is 0.0461. The predicted octanol–water partition coefficient (Wildman–Crippen LogP) is 2.98. The molecule has 2 amide bonds. The van der Waals surface area contributed by atoms with Crippen LogP contribution in [0.1, 0.15) is 55.9 Å². The van der Waals surface area contributed by atoms with Crippen molar-refractivity contribution in [3.63, 3.8) is 0 Å². The summed E-state index contributed by atoms with van der Waals surface area (Å²) in [6, 6.07) is 5.75. The second kappa shape index (κ2) is 7.33. The topological polar surface area (TPSA) is 57.9 Å². The highest BCUT2D eigenvalue weighted by Crippen LogP contribution is 2.39. The second-order valence-corrected chi connectivity index (χ2v) is 8.07. The fraction of sp³-hybridized carbons (Fsp3) is 0.571. The first-order valence-corrected chi connectivity index (χ1v) is 10.1. The molecule has 2 aliphatic rings. The third-order valence-corrected chi connectivity index (χ3v) is 6.11. The van der Waals surface area contributed by atoms with E-state index < -0.39 is 0 Å². The summed E-state index contributed by atoms with van der Waals surface area (Å²) >= 11 is 0. The molecule has 0 aliphatic carbocycles. The highest BCUT2D eigenvalue weighted by molar-refractivity contribution is 5.93. The van der Waals surface area contributed by atoms with Crippen molar-refractivity contribution >= 4 is 17.5 Å². The maximum atomic E-state index is 13.2. The van der Waals surface area contributed by atoms with Crippen molar-refractivity contribution in [1.82, 2.24) is 19.2 Å². The number of aromatic nitrogens is 2. The van der Waals surface area contributed by atoms with Crippen LogP contribution in [0.5, 0.6) is 0 Å². The molecule has 2 saturated heterocycles. The minimum Gasteiger partial charge on any atom is -0.342 e. The number of fused-ring (bicyclic) bond motifs is 1. The van der Waals surface area contributed by atoms with E-state index in [1.807, 2.05) is 38.6 Å². The van der Waals surface area contributed by atoms with Crippen LogP contribution < -0.4 is 0 Å². The van der Waals surface area contributed by atoms with E-state index in [9.17, 15) is 9.59 Å². The Bertz CT molecular complexity index is 846. The van der Waals surface area contributed by atoms with E-state index in [1.54, 1.807) is 6.20 Å². The molecule has 27 heavy (non-hydrogen) atoms. The van der Waals surface area contributed by atoms with E-state index >= 15 is 0 Å². The average molecular weight is 368 g/mol. The third kappa shape index (κ3) is 3.45. The molecule has 1 atom stereocenters. The Morgan fingerprint density at radius 1 is 1.26 bits per heavy atom. The number of imidazole rings is 1. The molecule has 2 aromatic rings. The number of pyridine rings is 1. The minimum absolute atomic E-state index is 0.0461. The van der Waals surface area contributed by atoms with E-state index in [-0.39, 0.29) is 17.2 Å². The van der Waals surface area contributed by atoms with Crippen LogP contribution in [0.25, 0.3) is 5.65 Å². The lowest BCUT2D eigenvalue weighted by Crippen LogP contribution is -2.55. The Balaban J connectivity index is 1.52. The highest BCUT2D eigenvalue weighted by atomic mass is 16.2. The number of rotatable bonds is 4. The zero-order chi connectivity index (χ0) is 18.9. The molecule has 0 bridgehead atoms. The van der Waals surface area contributed by atoms with Crippen molar-refractivity contribution in [2.75, 3.05) is 26.2 Å². The van der Waals surface area contributed by atoms with Gasteiger partial charge in [0.2, 0.25) is 5.91 Å². The number of unbranched alkanes of at least 4 members (excludes halogenated alkanes) is 1. The molecular weight excluding hydrogens is 340 g/mol. The number of hydrogen-bond acceptors (Lipinski definition) is 3. The van der Waals surface area contributed by atoms with E-state index in [4.69, 9.17) is 0 Å². The molecule has 144 valence electrons. The Labute approximate surface area is 160 Å². The smallest absolute Gasteiger partial charge is 0.272 e. The van der Waals surface area contributed by atoms with Crippen molar-refractivity contribution in [3.8, 4) is 0 Å². The van der Waals surface area contributed by atoms with Crippen LogP contribution in [0.3, 0.4) is 0 Å². The van der Waals surface area contributed by atoms with Crippen molar-refractivity contribution < 1.29 is 9.59 Å². The van der Waals surface area contributed by atoms with E-state index in [1.165, 1.54) is 0 Å². The summed E-state index contributed by atoms with van der Waals surface area (Å²) in [5.41, 5.74) is 1.47. The first-order chi connectivity index (χ1) is 13.1. The normalized spacial score (nSPS) is 23.4. The quantitative estimate of drug-likeness (QED) is 0.834. The van der Waals surface area contributed by atoms with Gasteiger partial charge in [-0.1, -0.05) is 19.4 Å². The van der Waals surface area contributed by atoms with Crippen LogP contribution in [0.15, 0.2) is 30.6 Å². The zero-order valence-electron chi connectivity index (χ0n) is 16.1. The first kappa shape index (κ1) is 18.0. The predicted molar refractivity (Wildman–Crippen MR) is 103 cm³/mol. The molecule has 0 saturated carbocycles. The Kier molecular flexibility index (Phi) is 4.89. The molecular formula is C21H28N4O2. The molecule has 0 radical (unpaired) electrons. The van der Waals surface area contributed by atoms with Gasteiger partial charge in [-0.15, -0.1) is 0 Å². The fourth-order valence-corrected chi connectivity index (χ4v) is 4.62. The number of carbonyl (C=O) groups is 2. The van der Waals surface area contributed by atoms with Crippen LogP contribution in [0.4, 0.5) is 0 Å². The van der Waals surface area contributed by atoms with Gasteiger partial charge in [-0.3, -0.25) is 14.0 Å². The van der Waals surface area contributed by atoms with Crippen LogP contribution in [0, 0.1) is 5.41 Å². The second-order valence-electron chi connectivity index (χ2n) is 8.07. The lowest BCUT2D eigenvalue weighted by atomic mass is 9.73. The number of piperidine rings is 2. The summed E-state index contributed by atoms with van der Waals surface area (Å²) in [5.74, 6) is 0.323. The van der Waals surface area contributed by atoms with Crippen molar-refractivity contribution in [2.45, 2.75) is 45.4 Å². The number of carbonyl (C=O) groups excluding carboxylic acids is 2. The highest BCUT2D eigenvalue weighted by Gasteiger charge is 2.42. The molecule has 4 heterocycles. The van der Waals surface area contributed by atoms with Crippen LogP contribution in [0.2, 0.25) is 0 Å². The van der Waals surface area contributed by atoms with E-state index in [0.717, 1.165) is 63.9 Å². The third-order valence-electron chi connectivity index (χ3n) is 6.11. The van der Waals surface area contributed by atoms with Crippen molar-refractivity contribution in [3.05, 3.63) is 36.3 Å². The fourth-order valence-electron chi connectivity index (χ4n) is 4.62. The Morgan fingerprint density at radius 3 is 3.00 bits per heavy atom.